The summed E-state index contributed by atoms with van der Waals surface area (Å²) < 4.78 is 13.3. The van der Waals surface area contributed by atoms with E-state index in [4.69, 9.17) is 0 Å². The van der Waals surface area contributed by atoms with Crippen molar-refractivity contribution in [2.45, 2.75) is 32.4 Å². The van der Waals surface area contributed by atoms with Crippen LogP contribution in [0.1, 0.15) is 40.8 Å². The average Bonchev–Trinajstić information content (AvgIpc) is 3.27. The van der Waals surface area contributed by atoms with E-state index in [1.54, 1.807) is 38.2 Å². The summed E-state index contributed by atoms with van der Waals surface area (Å²) in [5, 5.41) is 21.7. The van der Waals surface area contributed by atoms with E-state index in [1.807, 2.05) is 19.1 Å². The van der Waals surface area contributed by atoms with Gasteiger partial charge in [0.1, 0.15) is 10.6 Å². The molecule has 0 aliphatic rings. The molecule has 4 aromatic rings. The Morgan fingerprint density at radius 1 is 1.23 bits per heavy atom. The van der Waals surface area contributed by atoms with Crippen LogP contribution in [-0.2, 0) is 0 Å². The van der Waals surface area contributed by atoms with Gasteiger partial charge in [-0.15, -0.1) is 11.3 Å². The summed E-state index contributed by atoms with van der Waals surface area (Å²) in [7, 11) is 0. The number of H-pyrrole nitrogens is 1. The smallest absolute Gasteiger partial charge is 0.262 e. The number of thiophene rings is 1. The second-order valence-corrected chi connectivity index (χ2v) is 8.76. The molecule has 1 amide bonds. The number of nitrogens with zero attached hydrogens (tertiary/aromatic N) is 2. The van der Waals surface area contributed by atoms with Crippen molar-refractivity contribution in [2.75, 3.05) is 0 Å². The van der Waals surface area contributed by atoms with E-state index in [1.165, 1.54) is 23.5 Å². The van der Waals surface area contributed by atoms with Crippen molar-refractivity contribution >= 4 is 27.5 Å². The number of amides is 1. The minimum absolute atomic E-state index is 0.327. The molecule has 0 bridgehead atoms. The Morgan fingerprint density at radius 2 is 1.97 bits per heavy atom. The van der Waals surface area contributed by atoms with Crippen LogP contribution in [0.25, 0.3) is 21.5 Å². The Bertz CT molecular complexity index is 1210. The summed E-state index contributed by atoms with van der Waals surface area (Å²) >= 11 is 1.26. The lowest BCUT2D eigenvalue weighted by molar-refractivity contribution is 0.0345. The zero-order chi connectivity index (χ0) is 21.5. The second-order valence-electron chi connectivity index (χ2n) is 7.73. The highest BCUT2D eigenvalue weighted by Gasteiger charge is 2.31. The highest BCUT2D eigenvalue weighted by Crippen LogP contribution is 2.33. The Hall–Kier alpha value is -3.10. The van der Waals surface area contributed by atoms with Gasteiger partial charge in [0.2, 0.25) is 0 Å². The number of carbonyl (C=O) groups is 1. The zero-order valence-electron chi connectivity index (χ0n) is 16.7. The molecule has 0 aliphatic carbocycles. The molecule has 4 rings (SSSR count). The van der Waals surface area contributed by atoms with Crippen LogP contribution in [0.4, 0.5) is 4.39 Å². The van der Waals surface area contributed by atoms with Crippen molar-refractivity contribution in [1.29, 1.82) is 0 Å². The lowest BCUT2D eigenvalue weighted by atomic mass is 9.91. The fourth-order valence-corrected chi connectivity index (χ4v) is 4.27. The average molecular weight is 425 g/mol. The molecule has 0 spiro atoms. The van der Waals surface area contributed by atoms with Crippen LogP contribution in [0.15, 0.2) is 48.7 Å². The van der Waals surface area contributed by atoms with E-state index in [-0.39, 0.29) is 11.7 Å². The molecule has 1 aromatic carbocycles. The van der Waals surface area contributed by atoms with Gasteiger partial charge in [-0.3, -0.25) is 14.9 Å². The van der Waals surface area contributed by atoms with Crippen LogP contribution in [0.2, 0.25) is 0 Å². The molecule has 6 nitrogen and oxygen atoms in total. The standard InChI is InChI=1S/C22H21FN4O2S/c1-12-10-14(8-9-24-12)18-16-11-17(30-21(16)27-26-18)20(28)25-19(22(2,3)29)13-4-6-15(23)7-5-13/h4-11,19,29H,1-3H3,(H,25,28)(H,26,27). The summed E-state index contributed by atoms with van der Waals surface area (Å²) in [5.74, 6) is -0.705. The first-order chi connectivity index (χ1) is 14.2. The molecule has 30 heavy (non-hydrogen) atoms. The van der Waals surface area contributed by atoms with Gasteiger partial charge in [0.05, 0.1) is 22.2 Å². The number of aryl methyl sites for hydroxylation is 1. The molecular weight excluding hydrogens is 403 g/mol. The number of nitrogens with one attached hydrogen (secondary N) is 2. The van der Waals surface area contributed by atoms with Gasteiger partial charge in [0, 0.05) is 22.8 Å². The number of fused-ring (bicyclic) bond motifs is 1. The third-order valence-corrected chi connectivity index (χ3v) is 5.87. The van der Waals surface area contributed by atoms with Crippen LogP contribution >= 0.6 is 11.3 Å². The number of rotatable bonds is 5. The SMILES string of the molecule is Cc1cc(-c2[nH]nc3sc(C(=O)NC(c4ccc(F)cc4)C(C)(C)O)cc23)ccn1. The highest BCUT2D eigenvalue weighted by atomic mass is 32.1. The molecule has 0 fully saturated rings. The molecule has 0 saturated carbocycles. The Labute approximate surface area is 176 Å². The molecular formula is C22H21FN4O2S. The minimum Gasteiger partial charge on any atom is -0.388 e. The largest absolute Gasteiger partial charge is 0.388 e. The van der Waals surface area contributed by atoms with Gasteiger partial charge < -0.3 is 10.4 Å². The highest BCUT2D eigenvalue weighted by molar-refractivity contribution is 7.20. The van der Waals surface area contributed by atoms with Crippen LogP contribution in [0.5, 0.6) is 0 Å². The van der Waals surface area contributed by atoms with Gasteiger partial charge in [-0.2, -0.15) is 5.10 Å². The monoisotopic (exact) mass is 424 g/mol. The number of aromatic amines is 1. The van der Waals surface area contributed by atoms with Crippen LogP contribution < -0.4 is 5.32 Å². The van der Waals surface area contributed by atoms with Crippen molar-refractivity contribution in [3.8, 4) is 11.3 Å². The van der Waals surface area contributed by atoms with Gasteiger partial charge in [0.15, 0.2) is 0 Å². The predicted octanol–water partition coefficient (Wildman–Crippen LogP) is 4.38. The Kier molecular flexibility index (Phi) is 5.13. The first-order valence-electron chi connectivity index (χ1n) is 9.42. The molecule has 1 unspecified atom stereocenters. The molecule has 0 radical (unpaired) electrons. The number of hydrogen-bond acceptors (Lipinski definition) is 5. The minimum atomic E-state index is -1.24. The van der Waals surface area contributed by atoms with Crippen molar-refractivity contribution in [2.24, 2.45) is 0 Å². The summed E-state index contributed by atoms with van der Waals surface area (Å²) in [6.07, 6.45) is 1.73. The third kappa shape index (κ3) is 3.96. The van der Waals surface area contributed by atoms with Gasteiger partial charge in [-0.25, -0.2) is 4.39 Å². The number of aromatic nitrogens is 3. The molecule has 154 valence electrons. The van der Waals surface area contributed by atoms with Crippen LogP contribution in [0.3, 0.4) is 0 Å². The lowest BCUT2D eigenvalue weighted by Gasteiger charge is -2.30. The third-order valence-electron chi connectivity index (χ3n) is 4.85. The summed E-state index contributed by atoms with van der Waals surface area (Å²) in [6, 6.07) is 10.6. The Balaban J connectivity index is 1.64. The van der Waals surface area contributed by atoms with E-state index >= 15 is 0 Å². The molecule has 8 heteroatoms. The zero-order valence-corrected chi connectivity index (χ0v) is 17.5. The van der Waals surface area contributed by atoms with Crippen LogP contribution in [-0.4, -0.2) is 31.8 Å². The van der Waals surface area contributed by atoms with Crippen molar-refractivity contribution < 1.29 is 14.3 Å². The quantitative estimate of drug-likeness (QED) is 0.444. The molecule has 3 heterocycles. The number of hydrogen-bond donors (Lipinski definition) is 3. The normalized spacial score (nSPS) is 12.8. The maximum Gasteiger partial charge on any atom is 0.262 e. The maximum absolute atomic E-state index is 13.3. The predicted molar refractivity (Wildman–Crippen MR) is 115 cm³/mol. The second kappa shape index (κ2) is 7.62. The van der Waals surface area contributed by atoms with Crippen molar-refractivity contribution in [3.05, 3.63) is 70.6 Å². The fourth-order valence-electron chi connectivity index (χ4n) is 3.37. The number of benzene rings is 1. The van der Waals surface area contributed by atoms with Crippen molar-refractivity contribution in [3.63, 3.8) is 0 Å². The molecule has 0 saturated heterocycles. The van der Waals surface area contributed by atoms with E-state index in [9.17, 15) is 14.3 Å². The molecule has 3 aromatic heterocycles. The fraction of sp³-hybridized carbons (Fsp3) is 0.227. The van der Waals surface area contributed by atoms with Crippen LogP contribution in [0, 0.1) is 12.7 Å². The maximum atomic E-state index is 13.3. The van der Waals surface area contributed by atoms with E-state index in [0.29, 0.717) is 15.3 Å². The van der Waals surface area contributed by atoms with Gasteiger partial charge in [-0.1, -0.05) is 12.1 Å². The first kappa shape index (κ1) is 20.2. The van der Waals surface area contributed by atoms with E-state index in [2.05, 4.69) is 20.5 Å². The molecule has 3 N–H and O–H groups in total. The van der Waals surface area contributed by atoms with Gasteiger partial charge >= 0.3 is 0 Å². The number of pyridine rings is 1. The van der Waals surface area contributed by atoms with E-state index < -0.39 is 11.6 Å². The first-order valence-corrected chi connectivity index (χ1v) is 10.2. The molecule has 0 aliphatic heterocycles. The van der Waals surface area contributed by atoms with Crippen molar-refractivity contribution in [1.82, 2.24) is 20.5 Å². The van der Waals surface area contributed by atoms with E-state index in [0.717, 1.165) is 22.3 Å². The summed E-state index contributed by atoms with van der Waals surface area (Å²) in [4.78, 5) is 18.4. The van der Waals surface area contributed by atoms with Gasteiger partial charge in [-0.05, 0) is 56.7 Å². The summed E-state index contributed by atoms with van der Waals surface area (Å²) in [5.41, 5.74) is 2.02. The van der Waals surface area contributed by atoms with Gasteiger partial charge in [0.25, 0.3) is 5.91 Å². The summed E-state index contributed by atoms with van der Waals surface area (Å²) in [6.45, 7) is 5.12. The lowest BCUT2D eigenvalue weighted by Crippen LogP contribution is -2.42. The number of halogens is 1. The Morgan fingerprint density at radius 3 is 2.63 bits per heavy atom. The topological polar surface area (TPSA) is 90.9 Å². The molecule has 1 atom stereocenters. The number of carbonyl (C=O) groups excluding carboxylic acids is 1. The number of aliphatic hydroxyl groups is 1.